The van der Waals surface area contributed by atoms with E-state index >= 15 is 0 Å². The molecule has 1 aromatic heterocycles. The van der Waals surface area contributed by atoms with Gasteiger partial charge in [0.05, 0.1) is 32.0 Å². The third-order valence-electron chi connectivity index (χ3n) is 4.69. The molecule has 5 nitrogen and oxygen atoms in total. The highest BCUT2D eigenvalue weighted by molar-refractivity contribution is 5.77. The van der Waals surface area contributed by atoms with Crippen molar-refractivity contribution in [3.63, 3.8) is 0 Å². The Morgan fingerprint density at radius 2 is 2.09 bits per heavy atom. The standard InChI is InChI=1S/C18H23NO4/c1-13(17-10-14-4-2-3-5-16(14)22-17)19-11-15-12-21-18(23-15)6-8-20-9-7-18/h2-5,10,13,15,19H,6-9,11-12H2,1H3/t13-,15+/m1/s1. The average molecular weight is 317 g/mol. The first-order valence-electron chi connectivity index (χ1n) is 8.35. The highest BCUT2D eigenvalue weighted by Crippen LogP contribution is 2.33. The van der Waals surface area contributed by atoms with Crippen LogP contribution in [0.2, 0.25) is 0 Å². The molecular formula is C18H23NO4. The molecule has 1 N–H and O–H groups in total. The van der Waals surface area contributed by atoms with E-state index in [2.05, 4.69) is 24.4 Å². The van der Waals surface area contributed by atoms with Gasteiger partial charge in [-0.2, -0.15) is 0 Å². The molecule has 2 saturated heterocycles. The number of hydrogen-bond acceptors (Lipinski definition) is 5. The number of nitrogens with one attached hydrogen (secondary N) is 1. The molecule has 23 heavy (non-hydrogen) atoms. The van der Waals surface area contributed by atoms with Gasteiger partial charge in [-0.15, -0.1) is 0 Å². The predicted octanol–water partition coefficient (Wildman–Crippen LogP) is 3.01. The molecule has 1 spiro atoms. The molecule has 1 aromatic carbocycles. The lowest BCUT2D eigenvalue weighted by atomic mass is 10.1. The number of hydrogen-bond donors (Lipinski definition) is 1. The second kappa shape index (κ2) is 6.24. The second-order valence-corrected chi connectivity index (χ2v) is 6.39. The van der Waals surface area contributed by atoms with Crippen molar-refractivity contribution < 1.29 is 18.6 Å². The fraction of sp³-hybridized carbons (Fsp3) is 0.556. The van der Waals surface area contributed by atoms with Crippen molar-refractivity contribution >= 4 is 11.0 Å². The Bertz CT molecular complexity index is 629. The first-order chi connectivity index (χ1) is 11.2. The normalized spacial score (nSPS) is 25.2. The number of benzene rings is 1. The van der Waals surface area contributed by atoms with Crippen molar-refractivity contribution in [1.82, 2.24) is 5.32 Å². The van der Waals surface area contributed by atoms with Crippen LogP contribution < -0.4 is 5.32 Å². The van der Waals surface area contributed by atoms with Crippen LogP contribution in [0, 0.1) is 0 Å². The van der Waals surface area contributed by atoms with Crippen LogP contribution in [-0.4, -0.2) is 38.3 Å². The van der Waals surface area contributed by atoms with E-state index < -0.39 is 5.79 Å². The summed E-state index contributed by atoms with van der Waals surface area (Å²) in [5.41, 5.74) is 0.928. The van der Waals surface area contributed by atoms with Crippen molar-refractivity contribution in [2.45, 2.75) is 37.7 Å². The molecular weight excluding hydrogens is 294 g/mol. The monoisotopic (exact) mass is 317 g/mol. The third-order valence-corrected chi connectivity index (χ3v) is 4.69. The molecule has 124 valence electrons. The van der Waals surface area contributed by atoms with Gasteiger partial charge in [-0.25, -0.2) is 0 Å². The molecule has 0 amide bonds. The second-order valence-electron chi connectivity index (χ2n) is 6.39. The van der Waals surface area contributed by atoms with Gasteiger partial charge in [0.1, 0.15) is 11.3 Å². The van der Waals surface area contributed by atoms with Gasteiger partial charge >= 0.3 is 0 Å². The first kappa shape index (κ1) is 15.1. The molecule has 0 unspecified atom stereocenters. The topological polar surface area (TPSA) is 52.9 Å². The van der Waals surface area contributed by atoms with Crippen molar-refractivity contribution in [1.29, 1.82) is 0 Å². The lowest BCUT2D eigenvalue weighted by molar-refractivity contribution is -0.210. The smallest absolute Gasteiger partial charge is 0.173 e. The Morgan fingerprint density at radius 3 is 2.91 bits per heavy atom. The summed E-state index contributed by atoms with van der Waals surface area (Å²) >= 11 is 0. The third kappa shape index (κ3) is 3.15. The Balaban J connectivity index is 1.34. The Hall–Kier alpha value is -1.40. The van der Waals surface area contributed by atoms with E-state index in [0.29, 0.717) is 6.61 Å². The fourth-order valence-corrected chi connectivity index (χ4v) is 3.29. The largest absolute Gasteiger partial charge is 0.459 e. The number of para-hydroxylation sites is 1. The molecule has 2 aliphatic rings. The zero-order valence-corrected chi connectivity index (χ0v) is 13.4. The molecule has 0 bridgehead atoms. The highest BCUT2D eigenvalue weighted by atomic mass is 16.7. The number of rotatable bonds is 4. The van der Waals surface area contributed by atoms with E-state index in [0.717, 1.165) is 49.3 Å². The van der Waals surface area contributed by atoms with Crippen LogP contribution in [-0.2, 0) is 14.2 Å². The van der Waals surface area contributed by atoms with Gasteiger partial charge in [-0.1, -0.05) is 18.2 Å². The van der Waals surface area contributed by atoms with Gasteiger partial charge in [0, 0.05) is 24.8 Å². The van der Waals surface area contributed by atoms with Crippen LogP contribution in [0.15, 0.2) is 34.7 Å². The maximum Gasteiger partial charge on any atom is 0.173 e. The van der Waals surface area contributed by atoms with Crippen molar-refractivity contribution in [3.8, 4) is 0 Å². The van der Waals surface area contributed by atoms with E-state index in [1.807, 2.05) is 18.2 Å². The van der Waals surface area contributed by atoms with Gasteiger partial charge in [0.15, 0.2) is 5.79 Å². The van der Waals surface area contributed by atoms with E-state index in [4.69, 9.17) is 18.6 Å². The van der Waals surface area contributed by atoms with Gasteiger partial charge < -0.3 is 23.9 Å². The lowest BCUT2D eigenvalue weighted by Gasteiger charge is -2.31. The van der Waals surface area contributed by atoms with Crippen molar-refractivity contribution in [3.05, 3.63) is 36.1 Å². The summed E-state index contributed by atoms with van der Waals surface area (Å²) in [4.78, 5) is 0. The first-order valence-corrected chi connectivity index (χ1v) is 8.35. The van der Waals surface area contributed by atoms with E-state index in [1.54, 1.807) is 0 Å². The molecule has 2 fully saturated rings. The minimum Gasteiger partial charge on any atom is -0.459 e. The Kier molecular flexibility index (Phi) is 4.11. The summed E-state index contributed by atoms with van der Waals surface area (Å²) in [6, 6.07) is 10.3. The fourth-order valence-electron chi connectivity index (χ4n) is 3.29. The maximum atomic E-state index is 6.14. The van der Waals surface area contributed by atoms with E-state index in [-0.39, 0.29) is 12.1 Å². The van der Waals surface area contributed by atoms with Crippen molar-refractivity contribution in [2.75, 3.05) is 26.4 Å². The molecule has 0 saturated carbocycles. The molecule has 2 aromatic rings. The summed E-state index contributed by atoms with van der Waals surface area (Å²) in [5, 5.41) is 4.63. The van der Waals surface area contributed by atoms with Crippen LogP contribution >= 0.6 is 0 Å². The van der Waals surface area contributed by atoms with Crippen LogP contribution in [0.3, 0.4) is 0 Å². The van der Waals surface area contributed by atoms with Crippen molar-refractivity contribution in [2.24, 2.45) is 0 Å². The molecule has 5 heteroatoms. The number of fused-ring (bicyclic) bond motifs is 1. The van der Waals surface area contributed by atoms with E-state index in [1.165, 1.54) is 0 Å². The molecule has 0 aliphatic carbocycles. The number of furan rings is 1. The highest BCUT2D eigenvalue weighted by Gasteiger charge is 2.42. The summed E-state index contributed by atoms with van der Waals surface area (Å²) in [6.07, 6.45) is 1.73. The molecule has 0 radical (unpaired) electrons. The maximum absolute atomic E-state index is 6.14. The van der Waals surface area contributed by atoms with Crippen LogP contribution in [0.25, 0.3) is 11.0 Å². The minimum atomic E-state index is -0.410. The lowest BCUT2D eigenvalue weighted by Crippen LogP contribution is -2.39. The van der Waals surface area contributed by atoms with Crippen LogP contribution in [0.5, 0.6) is 0 Å². The summed E-state index contributed by atoms with van der Waals surface area (Å²) in [6.45, 7) is 4.93. The van der Waals surface area contributed by atoms with Crippen LogP contribution in [0.4, 0.5) is 0 Å². The predicted molar refractivity (Wildman–Crippen MR) is 86.2 cm³/mol. The summed E-state index contributed by atoms with van der Waals surface area (Å²) < 4.78 is 23.3. The number of ether oxygens (including phenoxy) is 3. The minimum absolute atomic E-state index is 0.0833. The quantitative estimate of drug-likeness (QED) is 0.939. The molecule has 2 aliphatic heterocycles. The van der Waals surface area contributed by atoms with Gasteiger partial charge in [-0.3, -0.25) is 0 Å². The van der Waals surface area contributed by atoms with Gasteiger partial charge in [-0.05, 0) is 19.1 Å². The zero-order chi connectivity index (χ0) is 15.7. The molecule has 2 atom stereocenters. The Labute approximate surface area is 135 Å². The SMILES string of the molecule is C[C@@H](NC[C@H]1COC2(CCOCC2)O1)c1cc2ccccc2o1. The Morgan fingerprint density at radius 1 is 1.26 bits per heavy atom. The summed E-state index contributed by atoms with van der Waals surface area (Å²) in [5.74, 6) is 0.540. The molecule has 4 rings (SSSR count). The van der Waals surface area contributed by atoms with Crippen LogP contribution in [0.1, 0.15) is 31.6 Å². The average Bonchev–Trinajstić information content (AvgIpc) is 3.18. The molecule has 3 heterocycles. The zero-order valence-electron chi connectivity index (χ0n) is 13.4. The van der Waals surface area contributed by atoms with Gasteiger partial charge in [0.2, 0.25) is 0 Å². The summed E-state index contributed by atoms with van der Waals surface area (Å²) in [7, 11) is 0. The van der Waals surface area contributed by atoms with E-state index in [9.17, 15) is 0 Å². The van der Waals surface area contributed by atoms with Gasteiger partial charge in [0.25, 0.3) is 0 Å².